The molecule has 0 saturated heterocycles. The Kier molecular flexibility index (Phi) is 24.3. The fraction of sp³-hybridized carbons (Fsp3) is 0.880. The molecule has 36 heavy (non-hydrogen) atoms. The van der Waals surface area contributed by atoms with E-state index < -0.39 is 6.09 Å². The third-order valence-corrected chi connectivity index (χ3v) is 4.98. The molecule has 0 aromatic rings. The predicted octanol–water partition coefficient (Wildman–Crippen LogP) is 1.68. The first-order chi connectivity index (χ1) is 17.8. The number of carbonyl (C=O) groups excluding carboxylic acids is 1. The van der Waals surface area contributed by atoms with Crippen LogP contribution in [0, 0.1) is 0 Å². The minimum absolute atomic E-state index is 0.128. The van der Waals surface area contributed by atoms with Gasteiger partial charge in [-0.15, -0.1) is 0 Å². The molecule has 0 bridgehead atoms. The first-order valence-electron chi connectivity index (χ1n) is 13.2. The molecule has 3 N–H and O–H groups in total. The van der Waals surface area contributed by atoms with Crippen molar-refractivity contribution in [3.63, 3.8) is 0 Å². The van der Waals surface area contributed by atoms with Gasteiger partial charge in [0.1, 0.15) is 6.10 Å². The van der Waals surface area contributed by atoms with Gasteiger partial charge in [-0.05, 0) is 31.8 Å². The van der Waals surface area contributed by atoms with Crippen LogP contribution in [0.15, 0.2) is 12.2 Å². The molecule has 1 atom stereocenters. The quantitative estimate of drug-likeness (QED) is 0.143. The monoisotopic (exact) mass is 520 g/mol. The summed E-state index contributed by atoms with van der Waals surface area (Å²) < 4.78 is 43.1. The Bertz CT molecular complexity index is 512. The Morgan fingerprint density at radius 2 is 1.14 bits per heavy atom. The summed E-state index contributed by atoms with van der Waals surface area (Å²) in [5.41, 5.74) is 5.32. The van der Waals surface area contributed by atoms with Crippen LogP contribution in [0.4, 0.5) is 4.79 Å². The summed E-state index contributed by atoms with van der Waals surface area (Å²) in [6, 6.07) is 0. The Morgan fingerprint density at radius 3 is 1.64 bits per heavy atom. The highest BCUT2D eigenvalue weighted by molar-refractivity contribution is 5.67. The largest absolute Gasteiger partial charge is 0.442 e. The average molecular weight is 521 g/mol. The highest BCUT2D eigenvalue weighted by Gasteiger charge is 2.12. The lowest BCUT2D eigenvalue weighted by molar-refractivity contribution is -0.0201. The van der Waals surface area contributed by atoms with E-state index >= 15 is 0 Å². The molecule has 0 unspecified atom stereocenters. The molecule has 1 amide bonds. The summed E-state index contributed by atoms with van der Waals surface area (Å²) in [6.45, 7) is 8.01. The van der Waals surface area contributed by atoms with Crippen LogP contribution in [0.1, 0.15) is 32.1 Å². The third kappa shape index (κ3) is 23.1. The fourth-order valence-corrected chi connectivity index (χ4v) is 3.14. The predicted molar refractivity (Wildman–Crippen MR) is 135 cm³/mol. The van der Waals surface area contributed by atoms with Crippen molar-refractivity contribution in [2.45, 2.75) is 38.2 Å². The SMILES string of the molecule is NCCOCCOCCOCCOCCOCCOCCOCCNC(=O)O[C@@H]1/C=C/CCCCC1. The van der Waals surface area contributed by atoms with Crippen molar-refractivity contribution in [3.8, 4) is 0 Å². The van der Waals surface area contributed by atoms with Gasteiger partial charge in [0.15, 0.2) is 0 Å². The van der Waals surface area contributed by atoms with E-state index in [-0.39, 0.29) is 6.10 Å². The third-order valence-electron chi connectivity index (χ3n) is 4.98. The van der Waals surface area contributed by atoms with Crippen molar-refractivity contribution in [3.05, 3.63) is 12.2 Å². The van der Waals surface area contributed by atoms with Gasteiger partial charge in [0.2, 0.25) is 0 Å². The number of nitrogens with one attached hydrogen (secondary N) is 1. The van der Waals surface area contributed by atoms with Gasteiger partial charge in [-0.1, -0.05) is 12.5 Å². The van der Waals surface area contributed by atoms with Gasteiger partial charge in [-0.3, -0.25) is 0 Å². The molecule has 0 heterocycles. The smallest absolute Gasteiger partial charge is 0.407 e. The van der Waals surface area contributed by atoms with E-state index in [4.69, 9.17) is 43.6 Å². The number of amides is 1. The molecule has 1 aliphatic carbocycles. The number of ether oxygens (including phenoxy) is 8. The summed E-state index contributed by atoms with van der Waals surface area (Å²) in [6.07, 6.45) is 8.98. The molecular formula is C25H48N2O9. The molecule has 11 nitrogen and oxygen atoms in total. The van der Waals surface area contributed by atoms with E-state index in [1.54, 1.807) is 0 Å². The zero-order valence-corrected chi connectivity index (χ0v) is 21.8. The van der Waals surface area contributed by atoms with Gasteiger partial charge in [0.05, 0.1) is 92.5 Å². The van der Waals surface area contributed by atoms with E-state index in [1.807, 2.05) is 6.08 Å². The number of alkyl carbamates (subject to hydrolysis) is 1. The number of allylic oxidation sites excluding steroid dienone is 1. The molecule has 11 heteroatoms. The van der Waals surface area contributed by atoms with E-state index in [2.05, 4.69) is 11.4 Å². The van der Waals surface area contributed by atoms with Crippen molar-refractivity contribution in [2.75, 3.05) is 106 Å². The van der Waals surface area contributed by atoms with Crippen LogP contribution in [0.2, 0.25) is 0 Å². The van der Waals surface area contributed by atoms with E-state index in [9.17, 15) is 4.79 Å². The summed E-state index contributed by atoms with van der Waals surface area (Å²) in [5.74, 6) is 0. The molecule has 1 aliphatic rings. The van der Waals surface area contributed by atoms with Gasteiger partial charge in [-0.2, -0.15) is 0 Å². The minimum atomic E-state index is -0.399. The zero-order valence-electron chi connectivity index (χ0n) is 21.8. The average Bonchev–Trinajstić information content (AvgIpc) is 2.86. The van der Waals surface area contributed by atoms with E-state index in [1.165, 1.54) is 12.8 Å². The summed E-state index contributed by atoms with van der Waals surface area (Å²) >= 11 is 0. The summed E-state index contributed by atoms with van der Waals surface area (Å²) in [4.78, 5) is 11.8. The van der Waals surface area contributed by atoms with Crippen LogP contribution in [-0.4, -0.2) is 118 Å². The topological polar surface area (TPSA) is 129 Å². The Balaban J connectivity index is 1.71. The van der Waals surface area contributed by atoms with Crippen molar-refractivity contribution in [1.82, 2.24) is 5.32 Å². The molecular weight excluding hydrogens is 472 g/mol. The van der Waals surface area contributed by atoms with Crippen LogP contribution in [0.25, 0.3) is 0 Å². The highest BCUT2D eigenvalue weighted by atomic mass is 16.6. The molecule has 0 aromatic heterocycles. The second-order valence-corrected chi connectivity index (χ2v) is 8.01. The number of nitrogens with two attached hydrogens (primary N) is 1. The van der Waals surface area contributed by atoms with Gasteiger partial charge in [-0.25, -0.2) is 4.79 Å². The van der Waals surface area contributed by atoms with Crippen molar-refractivity contribution in [2.24, 2.45) is 5.73 Å². The van der Waals surface area contributed by atoms with Crippen LogP contribution >= 0.6 is 0 Å². The standard InChI is InChI=1S/C25H48N2O9/c26-8-10-29-12-14-31-16-18-33-20-22-35-23-21-34-19-17-32-15-13-30-11-9-27-25(28)36-24-6-4-2-1-3-5-7-24/h4,6,24H,1-3,5,7-23,26H2,(H,27,28)/b6-4+/t24-/m1/s1. The molecule has 0 aliphatic heterocycles. The number of rotatable bonds is 24. The molecule has 212 valence electrons. The normalized spacial score (nSPS) is 16.9. The minimum Gasteiger partial charge on any atom is -0.442 e. The maximum Gasteiger partial charge on any atom is 0.407 e. The highest BCUT2D eigenvalue weighted by Crippen LogP contribution is 2.14. The molecule has 0 fully saturated rings. The number of carbonyl (C=O) groups is 1. The fourth-order valence-electron chi connectivity index (χ4n) is 3.14. The molecule has 0 saturated carbocycles. The van der Waals surface area contributed by atoms with Crippen molar-refractivity contribution < 1.29 is 42.7 Å². The van der Waals surface area contributed by atoms with Gasteiger partial charge >= 0.3 is 6.09 Å². The lowest BCUT2D eigenvalue weighted by atomic mass is 10.0. The van der Waals surface area contributed by atoms with E-state index in [0.29, 0.717) is 106 Å². The lowest BCUT2D eigenvalue weighted by Gasteiger charge is -2.16. The Morgan fingerprint density at radius 1 is 0.667 bits per heavy atom. The first-order valence-corrected chi connectivity index (χ1v) is 13.2. The first kappa shape index (κ1) is 32.7. The maximum atomic E-state index is 11.8. The second kappa shape index (κ2) is 26.7. The zero-order chi connectivity index (χ0) is 25.8. The number of hydrogen-bond acceptors (Lipinski definition) is 10. The maximum absolute atomic E-state index is 11.8. The second-order valence-electron chi connectivity index (χ2n) is 8.01. The van der Waals surface area contributed by atoms with Crippen LogP contribution in [-0.2, 0) is 37.9 Å². The Hall–Kier alpha value is -1.31. The van der Waals surface area contributed by atoms with Gasteiger partial charge < -0.3 is 48.9 Å². The van der Waals surface area contributed by atoms with Crippen molar-refractivity contribution >= 4 is 6.09 Å². The van der Waals surface area contributed by atoms with Gasteiger partial charge in [0.25, 0.3) is 0 Å². The lowest BCUT2D eigenvalue weighted by Crippen LogP contribution is -2.31. The summed E-state index contributed by atoms with van der Waals surface area (Å²) in [5, 5.41) is 2.71. The molecule has 0 spiro atoms. The van der Waals surface area contributed by atoms with Gasteiger partial charge in [0, 0.05) is 13.1 Å². The number of hydrogen-bond donors (Lipinski definition) is 2. The Labute approximate surface area is 216 Å². The van der Waals surface area contributed by atoms with Crippen molar-refractivity contribution in [1.29, 1.82) is 0 Å². The molecule has 0 aromatic carbocycles. The molecule has 1 rings (SSSR count). The van der Waals surface area contributed by atoms with Crippen LogP contribution < -0.4 is 11.1 Å². The summed E-state index contributed by atoms with van der Waals surface area (Å²) in [7, 11) is 0. The van der Waals surface area contributed by atoms with Crippen LogP contribution in [0.5, 0.6) is 0 Å². The van der Waals surface area contributed by atoms with Crippen LogP contribution in [0.3, 0.4) is 0 Å². The van der Waals surface area contributed by atoms with E-state index in [0.717, 1.165) is 19.3 Å². The molecule has 0 radical (unpaired) electrons.